The summed E-state index contributed by atoms with van der Waals surface area (Å²) in [5.74, 6) is -0.00286. The standard InChI is InChI=1S/C19H20ClN3O2/c20-15-6-8-17(9-7-15)23-13-16(12-18(23)24)22-19(25)21-11-10-14-4-2-1-3-5-14/h1-9,16H,10-13H2,(H2,21,22,25)/t16-/m0/s1. The summed E-state index contributed by atoms with van der Waals surface area (Å²) in [5.41, 5.74) is 1.97. The first-order valence-electron chi connectivity index (χ1n) is 8.26. The van der Waals surface area contributed by atoms with E-state index in [-0.39, 0.29) is 18.0 Å². The molecule has 2 aromatic carbocycles. The number of benzene rings is 2. The summed E-state index contributed by atoms with van der Waals surface area (Å²) in [6, 6.07) is 16.7. The van der Waals surface area contributed by atoms with Crippen LogP contribution in [0.3, 0.4) is 0 Å². The Kier molecular flexibility index (Phi) is 5.56. The predicted molar refractivity (Wildman–Crippen MR) is 98.9 cm³/mol. The Labute approximate surface area is 152 Å². The average molecular weight is 358 g/mol. The highest BCUT2D eigenvalue weighted by Gasteiger charge is 2.31. The first-order chi connectivity index (χ1) is 12.1. The molecule has 0 saturated carbocycles. The second kappa shape index (κ2) is 8.03. The third-order valence-corrected chi connectivity index (χ3v) is 4.39. The monoisotopic (exact) mass is 357 g/mol. The fourth-order valence-electron chi connectivity index (χ4n) is 2.88. The van der Waals surface area contributed by atoms with Gasteiger partial charge in [-0.2, -0.15) is 0 Å². The molecule has 2 aromatic rings. The molecule has 25 heavy (non-hydrogen) atoms. The number of anilines is 1. The molecule has 1 aliphatic rings. The van der Waals surface area contributed by atoms with Gasteiger partial charge in [-0.3, -0.25) is 4.79 Å². The molecule has 0 unspecified atom stereocenters. The van der Waals surface area contributed by atoms with Crippen LogP contribution in [0.2, 0.25) is 5.02 Å². The van der Waals surface area contributed by atoms with E-state index in [1.165, 1.54) is 5.56 Å². The zero-order chi connectivity index (χ0) is 17.6. The van der Waals surface area contributed by atoms with Gasteiger partial charge in [-0.15, -0.1) is 0 Å². The van der Waals surface area contributed by atoms with E-state index in [1.807, 2.05) is 42.5 Å². The third-order valence-electron chi connectivity index (χ3n) is 4.14. The molecule has 1 fully saturated rings. The molecule has 3 amide bonds. The lowest BCUT2D eigenvalue weighted by molar-refractivity contribution is -0.117. The second-order valence-electron chi connectivity index (χ2n) is 6.02. The van der Waals surface area contributed by atoms with E-state index in [0.717, 1.165) is 12.1 Å². The van der Waals surface area contributed by atoms with E-state index in [0.29, 0.717) is 24.5 Å². The van der Waals surface area contributed by atoms with Crippen molar-refractivity contribution in [2.45, 2.75) is 18.9 Å². The Morgan fingerprint density at radius 1 is 1.12 bits per heavy atom. The first kappa shape index (κ1) is 17.3. The fraction of sp³-hybridized carbons (Fsp3) is 0.263. The molecule has 0 aromatic heterocycles. The van der Waals surface area contributed by atoms with E-state index in [2.05, 4.69) is 10.6 Å². The molecule has 130 valence electrons. The number of halogens is 1. The molecule has 0 aliphatic carbocycles. The quantitative estimate of drug-likeness (QED) is 0.864. The zero-order valence-corrected chi connectivity index (χ0v) is 14.5. The number of rotatable bonds is 5. The maximum atomic E-state index is 12.2. The molecule has 1 aliphatic heterocycles. The normalized spacial score (nSPS) is 16.8. The Morgan fingerprint density at radius 2 is 1.84 bits per heavy atom. The highest BCUT2D eigenvalue weighted by Crippen LogP contribution is 2.23. The van der Waals surface area contributed by atoms with E-state index < -0.39 is 0 Å². The van der Waals surface area contributed by atoms with Crippen LogP contribution in [0.1, 0.15) is 12.0 Å². The lowest BCUT2D eigenvalue weighted by Gasteiger charge is -2.17. The highest BCUT2D eigenvalue weighted by atomic mass is 35.5. The molecule has 1 saturated heterocycles. The minimum Gasteiger partial charge on any atom is -0.338 e. The van der Waals surface area contributed by atoms with Crippen LogP contribution in [-0.2, 0) is 11.2 Å². The van der Waals surface area contributed by atoms with Gasteiger partial charge < -0.3 is 15.5 Å². The van der Waals surface area contributed by atoms with Gasteiger partial charge in [0.05, 0.1) is 6.04 Å². The summed E-state index contributed by atoms with van der Waals surface area (Å²) in [4.78, 5) is 25.9. The Balaban J connectivity index is 1.46. The molecule has 0 radical (unpaired) electrons. The number of nitrogens with one attached hydrogen (secondary N) is 2. The van der Waals surface area contributed by atoms with Crippen molar-refractivity contribution in [2.24, 2.45) is 0 Å². The van der Waals surface area contributed by atoms with Crippen molar-refractivity contribution in [1.82, 2.24) is 10.6 Å². The van der Waals surface area contributed by atoms with Gasteiger partial charge in [-0.25, -0.2) is 4.79 Å². The molecule has 1 atom stereocenters. The molecular weight excluding hydrogens is 338 g/mol. The fourth-order valence-corrected chi connectivity index (χ4v) is 3.00. The van der Waals surface area contributed by atoms with Crippen molar-refractivity contribution < 1.29 is 9.59 Å². The van der Waals surface area contributed by atoms with Crippen LogP contribution in [0.4, 0.5) is 10.5 Å². The third kappa shape index (κ3) is 4.73. The van der Waals surface area contributed by atoms with Crippen molar-refractivity contribution in [1.29, 1.82) is 0 Å². The first-order valence-corrected chi connectivity index (χ1v) is 8.64. The zero-order valence-electron chi connectivity index (χ0n) is 13.7. The van der Waals surface area contributed by atoms with Crippen LogP contribution in [0.5, 0.6) is 0 Å². The van der Waals surface area contributed by atoms with Gasteiger partial charge in [-0.1, -0.05) is 41.9 Å². The predicted octanol–water partition coefficient (Wildman–Crippen LogP) is 2.99. The van der Waals surface area contributed by atoms with Crippen LogP contribution in [0, 0.1) is 0 Å². The van der Waals surface area contributed by atoms with Crippen molar-refractivity contribution in [3.8, 4) is 0 Å². The molecular formula is C19H20ClN3O2. The van der Waals surface area contributed by atoms with Gasteiger partial charge in [0.25, 0.3) is 0 Å². The average Bonchev–Trinajstić information content (AvgIpc) is 2.96. The second-order valence-corrected chi connectivity index (χ2v) is 6.45. The Morgan fingerprint density at radius 3 is 2.56 bits per heavy atom. The molecule has 2 N–H and O–H groups in total. The van der Waals surface area contributed by atoms with Crippen LogP contribution in [0.25, 0.3) is 0 Å². The summed E-state index contributed by atoms with van der Waals surface area (Å²) < 4.78 is 0. The lowest BCUT2D eigenvalue weighted by Crippen LogP contribution is -2.43. The van der Waals surface area contributed by atoms with Gasteiger partial charge in [0, 0.05) is 30.2 Å². The smallest absolute Gasteiger partial charge is 0.315 e. The number of urea groups is 1. The summed E-state index contributed by atoms with van der Waals surface area (Å²) in [7, 11) is 0. The van der Waals surface area contributed by atoms with Gasteiger partial charge >= 0.3 is 6.03 Å². The van der Waals surface area contributed by atoms with Crippen LogP contribution >= 0.6 is 11.6 Å². The number of hydrogen-bond acceptors (Lipinski definition) is 2. The van der Waals surface area contributed by atoms with Gasteiger partial charge in [-0.05, 0) is 36.2 Å². The highest BCUT2D eigenvalue weighted by molar-refractivity contribution is 6.30. The summed E-state index contributed by atoms with van der Waals surface area (Å²) in [6.45, 7) is 1.02. The lowest BCUT2D eigenvalue weighted by atomic mass is 10.1. The molecule has 1 heterocycles. The van der Waals surface area contributed by atoms with E-state index in [9.17, 15) is 9.59 Å². The van der Waals surface area contributed by atoms with Crippen molar-refractivity contribution in [3.05, 3.63) is 65.2 Å². The molecule has 0 spiro atoms. The van der Waals surface area contributed by atoms with E-state index in [1.54, 1.807) is 17.0 Å². The van der Waals surface area contributed by atoms with Crippen molar-refractivity contribution in [3.63, 3.8) is 0 Å². The minimum absolute atomic E-state index is 0.00286. The van der Waals surface area contributed by atoms with Gasteiger partial charge in [0.2, 0.25) is 5.91 Å². The number of amides is 3. The summed E-state index contributed by atoms with van der Waals surface area (Å²) >= 11 is 5.88. The van der Waals surface area contributed by atoms with Crippen molar-refractivity contribution in [2.75, 3.05) is 18.0 Å². The molecule has 3 rings (SSSR count). The van der Waals surface area contributed by atoms with Gasteiger partial charge in [0.1, 0.15) is 0 Å². The maximum absolute atomic E-state index is 12.2. The van der Waals surface area contributed by atoms with Crippen LogP contribution < -0.4 is 15.5 Å². The number of nitrogens with zero attached hydrogens (tertiary/aromatic N) is 1. The van der Waals surface area contributed by atoms with Crippen LogP contribution in [0.15, 0.2) is 54.6 Å². The van der Waals surface area contributed by atoms with E-state index >= 15 is 0 Å². The van der Waals surface area contributed by atoms with Crippen LogP contribution in [-0.4, -0.2) is 31.1 Å². The SMILES string of the molecule is O=C(NCCc1ccccc1)N[C@H]1CC(=O)N(c2ccc(Cl)cc2)C1. The topological polar surface area (TPSA) is 61.4 Å². The van der Waals surface area contributed by atoms with E-state index in [4.69, 9.17) is 11.6 Å². The minimum atomic E-state index is -0.244. The molecule has 0 bridgehead atoms. The number of carbonyl (C=O) groups is 2. The largest absolute Gasteiger partial charge is 0.338 e. The Bertz CT molecular complexity index is 734. The summed E-state index contributed by atoms with van der Waals surface area (Å²) in [6.07, 6.45) is 1.07. The molecule has 5 nitrogen and oxygen atoms in total. The summed E-state index contributed by atoms with van der Waals surface area (Å²) in [5, 5.41) is 6.33. The van der Waals surface area contributed by atoms with Crippen molar-refractivity contribution >= 4 is 29.2 Å². The number of hydrogen-bond donors (Lipinski definition) is 2. The Hall–Kier alpha value is -2.53. The molecule has 6 heteroatoms. The van der Waals surface area contributed by atoms with Gasteiger partial charge in [0.15, 0.2) is 0 Å². The number of carbonyl (C=O) groups excluding carboxylic acids is 2. The maximum Gasteiger partial charge on any atom is 0.315 e.